The van der Waals surface area contributed by atoms with Crippen LogP contribution in [0.2, 0.25) is 0 Å². The van der Waals surface area contributed by atoms with Gasteiger partial charge in [-0.25, -0.2) is 4.68 Å². The highest BCUT2D eigenvalue weighted by Gasteiger charge is 2.35. The number of nitrogens with zero attached hydrogens (tertiary/aromatic N) is 4. The molecule has 1 unspecified atom stereocenters. The molecule has 132 valence electrons. The first-order valence-corrected chi connectivity index (χ1v) is 7.60. The van der Waals surface area contributed by atoms with Gasteiger partial charge in [-0.3, -0.25) is 0 Å². The first-order chi connectivity index (χ1) is 11.9. The Bertz CT molecular complexity index is 855. The molecule has 25 heavy (non-hydrogen) atoms. The van der Waals surface area contributed by atoms with Crippen LogP contribution in [0.3, 0.4) is 0 Å². The van der Waals surface area contributed by atoms with E-state index in [0.717, 1.165) is 16.9 Å². The average molecular weight is 351 g/mol. The third kappa shape index (κ3) is 3.71. The molecular formula is C16H16F3N5O. The molecule has 0 aliphatic carbocycles. The van der Waals surface area contributed by atoms with Crippen molar-refractivity contribution < 1.29 is 17.7 Å². The molecular weight excluding hydrogens is 335 g/mol. The normalized spacial score (nSPS) is 13.2. The lowest BCUT2D eigenvalue weighted by Gasteiger charge is -2.10. The van der Waals surface area contributed by atoms with Crippen molar-refractivity contribution in [3.05, 3.63) is 48.0 Å². The molecule has 0 amide bonds. The van der Waals surface area contributed by atoms with E-state index >= 15 is 0 Å². The van der Waals surface area contributed by atoms with Gasteiger partial charge >= 0.3 is 6.18 Å². The summed E-state index contributed by atoms with van der Waals surface area (Å²) in [6, 6.07) is 7.48. The standard InChI is InChI=1S/C16H16F3N5O/c1-10(20-2)8-14-22-15(25-23-14)11-4-3-5-12(9-11)24-13(6-7-21-24)16(17,18)19/h3-7,9-10,20H,8H2,1-2H3. The summed E-state index contributed by atoms with van der Waals surface area (Å²) in [7, 11) is 1.83. The molecule has 0 saturated heterocycles. The van der Waals surface area contributed by atoms with Crippen molar-refractivity contribution in [1.82, 2.24) is 25.2 Å². The van der Waals surface area contributed by atoms with E-state index in [0.29, 0.717) is 17.8 Å². The number of likely N-dealkylation sites (N-methyl/N-ethyl adjacent to an activating group) is 1. The van der Waals surface area contributed by atoms with Gasteiger partial charge in [0.15, 0.2) is 5.82 Å². The van der Waals surface area contributed by atoms with Crippen LogP contribution >= 0.6 is 0 Å². The molecule has 6 nitrogen and oxygen atoms in total. The number of benzene rings is 1. The Hall–Kier alpha value is -2.68. The fourth-order valence-electron chi connectivity index (χ4n) is 2.32. The molecule has 2 aromatic heterocycles. The predicted molar refractivity (Wildman–Crippen MR) is 84.1 cm³/mol. The van der Waals surface area contributed by atoms with Gasteiger partial charge < -0.3 is 9.84 Å². The van der Waals surface area contributed by atoms with E-state index in [9.17, 15) is 13.2 Å². The first-order valence-electron chi connectivity index (χ1n) is 7.60. The van der Waals surface area contributed by atoms with Crippen LogP contribution in [0.4, 0.5) is 13.2 Å². The van der Waals surface area contributed by atoms with Gasteiger partial charge in [-0.2, -0.15) is 23.3 Å². The Balaban J connectivity index is 1.92. The van der Waals surface area contributed by atoms with Crippen molar-refractivity contribution in [2.24, 2.45) is 0 Å². The molecule has 0 fully saturated rings. The number of rotatable bonds is 5. The van der Waals surface area contributed by atoms with E-state index in [2.05, 4.69) is 20.6 Å². The Morgan fingerprint density at radius 2 is 2.08 bits per heavy atom. The maximum Gasteiger partial charge on any atom is 0.433 e. The minimum Gasteiger partial charge on any atom is -0.334 e. The SMILES string of the molecule is CNC(C)Cc1noc(-c2cccc(-n3nccc3C(F)(F)F)c2)n1. The van der Waals surface area contributed by atoms with Gasteiger partial charge in [-0.15, -0.1) is 0 Å². The molecule has 1 aromatic carbocycles. The zero-order valence-electron chi connectivity index (χ0n) is 13.6. The minimum atomic E-state index is -4.49. The van der Waals surface area contributed by atoms with Gasteiger partial charge in [0, 0.05) is 18.0 Å². The summed E-state index contributed by atoms with van der Waals surface area (Å²) in [5.74, 6) is 0.776. The molecule has 1 atom stereocenters. The van der Waals surface area contributed by atoms with Crippen LogP contribution in [0.1, 0.15) is 18.4 Å². The van der Waals surface area contributed by atoms with Crippen molar-refractivity contribution in [3.63, 3.8) is 0 Å². The third-order valence-corrected chi connectivity index (χ3v) is 3.72. The van der Waals surface area contributed by atoms with Crippen molar-refractivity contribution in [2.45, 2.75) is 25.6 Å². The van der Waals surface area contributed by atoms with Crippen LogP contribution in [-0.4, -0.2) is 33.0 Å². The Morgan fingerprint density at radius 1 is 1.28 bits per heavy atom. The molecule has 2 heterocycles. The monoisotopic (exact) mass is 351 g/mol. The van der Waals surface area contributed by atoms with Crippen LogP contribution in [0.5, 0.6) is 0 Å². The largest absolute Gasteiger partial charge is 0.433 e. The maximum absolute atomic E-state index is 13.0. The Morgan fingerprint density at radius 3 is 2.80 bits per heavy atom. The van der Waals surface area contributed by atoms with Crippen molar-refractivity contribution in [3.8, 4) is 17.1 Å². The fourth-order valence-corrected chi connectivity index (χ4v) is 2.32. The lowest BCUT2D eigenvalue weighted by molar-refractivity contribution is -0.142. The molecule has 0 spiro atoms. The van der Waals surface area contributed by atoms with E-state index < -0.39 is 11.9 Å². The van der Waals surface area contributed by atoms with E-state index in [4.69, 9.17) is 4.52 Å². The minimum absolute atomic E-state index is 0.176. The highest BCUT2D eigenvalue weighted by molar-refractivity contribution is 5.57. The van der Waals surface area contributed by atoms with Crippen LogP contribution in [0.15, 0.2) is 41.1 Å². The highest BCUT2D eigenvalue weighted by Crippen LogP contribution is 2.31. The molecule has 0 aliphatic heterocycles. The second-order valence-electron chi connectivity index (χ2n) is 5.59. The van der Waals surface area contributed by atoms with Crippen LogP contribution in [0, 0.1) is 0 Å². The van der Waals surface area contributed by atoms with Gasteiger partial charge in [0.25, 0.3) is 5.89 Å². The van der Waals surface area contributed by atoms with Crippen LogP contribution < -0.4 is 5.32 Å². The number of alkyl halides is 3. The van der Waals surface area contributed by atoms with Gasteiger partial charge in [0.1, 0.15) is 5.69 Å². The summed E-state index contributed by atoms with van der Waals surface area (Å²) in [6.45, 7) is 1.98. The zero-order chi connectivity index (χ0) is 18.0. The number of halogens is 3. The first kappa shape index (κ1) is 17.2. The van der Waals surface area contributed by atoms with Crippen molar-refractivity contribution >= 4 is 0 Å². The number of nitrogens with one attached hydrogen (secondary N) is 1. The third-order valence-electron chi connectivity index (χ3n) is 3.72. The van der Waals surface area contributed by atoms with Gasteiger partial charge in [0.05, 0.1) is 11.9 Å². The van der Waals surface area contributed by atoms with Crippen molar-refractivity contribution in [2.75, 3.05) is 7.05 Å². The second-order valence-corrected chi connectivity index (χ2v) is 5.59. The second kappa shape index (κ2) is 6.67. The molecule has 0 bridgehead atoms. The van der Waals surface area contributed by atoms with Crippen LogP contribution in [0.25, 0.3) is 17.1 Å². The van der Waals surface area contributed by atoms with E-state index in [1.807, 2.05) is 14.0 Å². The summed E-state index contributed by atoms with van der Waals surface area (Å²) in [5.41, 5.74) is -0.0612. The van der Waals surface area contributed by atoms with Crippen molar-refractivity contribution in [1.29, 1.82) is 0 Å². The lowest BCUT2D eigenvalue weighted by atomic mass is 10.2. The molecule has 0 aliphatic rings. The number of hydrogen-bond donors (Lipinski definition) is 1. The molecule has 0 radical (unpaired) electrons. The van der Waals surface area contributed by atoms with Gasteiger partial charge in [-0.1, -0.05) is 11.2 Å². The molecule has 9 heteroatoms. The molecule has 0 saturated carbocycles. The summed E-state index contributed by atoms with van der Waals surface area (Å²) in [6.07, 6.45) is -2.80. The Kier molecular flexibility index (Phi) is 4.58. The summed E-state index contributed by atoms with van der Waals surface area (Å²) in [4.78, 5) is 4.29. The Labute approximate surface area is 141 Å². The topological polar surface area (TPSA) is 68.8 Å². The van der Waals surface area contributed by atoms with Gasteiger partial charge in [-0.05, 0) is 38.2 Å². The summed E-state index contributed by atoms with van der Waals surface area (Å²) in [5, 5.41) is 10.7. The quantitative estimate of drug-likeness (QED) is 0.765. The zero-order valence-corrected chi connectivity index (χ0v) is 13.6. The van der Waals surface area contributed by atoms with Gasteiger partial charge in [0.2, 0.25) is 0 Å². The number of aromatic nitrogens is 4. The smallest absolute Gasteiger partial charge is 0.334 e. The average Bonchev–Trinajstić information content (AvgIpc) is 3.23. The van der Waals surface area contributed by atoms with E-state index in [1.54, 1.807) is 12.1 Å². The predicted octanol–water partition coefficient (Wildman–Crippen LogP) is 3.09. The van der Waals surface area contributed by atoms with E-state index in [1.165, 1.54) is 12.1 Å². The fraction of sp³-hybridized carbons (Fsp3) is 0.312. The molecule has 1 N–H and O–H groups in total. The highest BCUT2D eigenvalue weighted by atomic mass is 19.4. The number of hydrogen-bond acceptors (Lipinski definition) is 5. The van der Waals surface area contributed by atoms with Crippen LogP contribution in [-0.2, 0) is 12.6 Å². The summed E-state index contributed by atoms with van der Waals surface area (Å²) >= 11 is 0. The summed E-state index contributed by atoms with van der Waals surface area (Å²) < 4.78 is 45.2. The van der Waals surface area contributed by atoms with E-state index in [-0.39, 0.29) is 17.6 Å². The molecule has 3 aromatic rings. The maximum atomic E-state index is 13.0. The molecule has 3 rings (SSSR count). The lowest BCUT2D eigenvalue weighted by Crippen LogP contribution is -2.24.